The lowest BCUT2D eigenvalue weighted by atomic mass is 10.2. The second-order valence-corrected chi connectivity index (χ2v) is 3.77. The van der Waals surface area contributed by atoms with Crippen LogP contribution in [0.2, 0.25) is 0 Å². The molecule has 0 atom stereocenters. The number of benzene rings is 1. The van der Waals surface area contributed by atoms with Crippen molar-refractivity contribution in [2.75, 3.05) is 6.54 Å². The molecule has 0 saturated heterocycles. The first-order valence-corrected chi connectivity index (χ1v) is 5.18. The number of nitrogens with one attached hydrogen (secondary N) is 1. The van der Waals surface area contributed by atoms with Gasteiger partial charge in [-0.15, -0.1) is 6.58 Å². The summed E-state index contributed by atoms with van der Waals surface area (Å²) in [6, 6.07) is 6.78. The van der Waals surface area contributed by atoms with E-state index in [4.69, 9.17) is 0 Å². The molecule has 1 N–H and O–H groups in total. The molecule has 0 aliphatic heterocycles. The molecule has 0 aliphatic rings. The lowest BCUT2D eigenvalue weighted by Crippen LogP contribution is -2.15. The summed E-state index contributed by atoms with van der Waals surface area (Å²) < 4.78 is 0. The summed E-state index contributed by atoms with van der Waals surface area (Å²) >= 11 is 0. The van der Waals surface area contributed by atoms with Crippen LogP contribution in [0.4, 0.5) is 5.69 Å². The van der Waals surface area contributed by atoms with Gasteiger partial charge in [-0.25, -0.2) is 0 Å². The minimum absolute atomic E-state index is 0.172. The van der Waals surface area contributed by atoms with Crippen LogP contribution in [0.15, 0.2) is 36.4 Å². The zero-order valence-electron chi connectivity index (χ0n) is 9.40. The van der Waals surface area contributed by atoms with E-state index in [1.54, 1.807) is 12.1 Å². The van der Waals surface area contributed by atoms with Crippen molar-refractivity contribution in [3.63, 3.8) is 0 Å². The maximum absolute atomic E-state index is 10.7. The van der Waals surface area contributed by atoms with E-state index in [0.717, 1.165) is 18.5 Å². The van der Waals surface area contributed by atoms with Gasteiger partial charge in [0.05, 0.1) is 4.92 Å². The second-order valence-electron chi connectivity index (χ2n) is 3.77. The zero-order valence-corrected chi connectivity index (χ0v) is 9.40. The number of hydrogen-bond donors (Lipinski definition) is 1. The molecule has 0 fully saturated rings. The standard InChI is InChI=1S/C12H16N2O2/c1-10(2)7-8-13-9-11-5-3-4-6-12(11)14(15)16/h3-6,13H,1,7-9H2,2H3. The largest absolute Gasteiger partial charge is 0.312 e. The van der Waals surface area contributed by atoms with Gasteiger partial charge in [0.1, 0.15) is 0 Å². The Morgan fingerprint density at radius 2 is 2.19 bits per heavy atom. The molecule has 0 spiro atoms. The molecule has 1 rings (SSSR count). The van der Waals surface area contributed by atoms with Crippen LogP contribution in [0, 0.1) is 10.1 Å². The summed E-state index contributed by atoms with van der Waals surface area (Å²) in [6.07, 6.45) is 0.890. The van der Waals surface area contributed by atoms with Crippen LogP contribution >= 0.6 is 0 Å². The summed E-state index contributed by atoms with van der Waals surface area (Å²) in [5.41, 5.74) is 2.00. The Morgan fingerprint density at radius 1 is 1.50 bits per heavy atom. The average molecular weight is 220 g/mol. The quantitative estimate of drug-likeness (QED) is 0.347. The lowest BCUT2D eigenvalue weighted by Gasteiger charge is -2.05. The highest BCUT2D eigenvalue weighted by atomic mass is 16.6. The Hall–Kier alpha value is -1.68. The van der Waals surface area contributed by atoms with E-state index in [1.165, 1.54) is 6.07 Å². The van der Waals surface area contributed by atoms with Crippen molar-refractivity contribution in [2.45, 2.75) is 19.9 Å². The molecule has 0 unspecified atom stereocenters. The van der Waals surface area contributed by atoms with E-state index in [1.807, 2.05) is 13.0 Å². The molecule has 16 heavy (non-hydrogen) atoms. The fraction of sp³-hybridized carbons (Fsp3) is 0.333. The van der Waals surface area contributed by atoms with Gasteiger partial charge in [0.15, 0.2) is 0 Å². The van der Waals surface area contributed by atoms with Gasteiger partial charge in [0, 0.05) is 18.2 Å². The third-order valence-corrected chi connectivity index (χ3v) is 2.23. The molecule has 0 heterocycles. The van der Waals surface area contributed by atoms with Crippen molar-refractivity contribution in [3.05, 3.63) is 52.1 Å². The number of rotatable bonds is 6. The Labute approximate surface area is 95.1 Å². The fourth-order valence-electron chi connectivity index (χ4n) is 1.36. The summed E-state index contributed by atoms with van der Waals surface area (Å²) in [7, 11) is 0. The molecule has 0 aromatic heterocycles. The first-order valence-electron chi connectivity index (χ1n) is 5.18. The van der Waals surface area contributed by atoms with Gasteiger partial charge in [-0.05, 0) is 19.9 Å². The highest BCUT2D eigenvalue weighted by Gasteiger charge is 2.10. The predicted octanol–water partition coefficient (Wildman–Crippen LogP) is 2.65. The van der Waals surface area contributed by atoms with E-state index in [-0.39, 0.29) is 10.6 Å². The number of hydrogen-bond acceptors (Lipinski definition) is 3. The molecular formula is C12H16N2O2. The Bertz CT molecular complexity index is 388. The van der Waals surface area contributed by atoms with Crippen LogP contribution in [0.5, 0.6) is 0 Å². The third-order valence-electron chi connectivity index (χ3n) is 2.23. The first kappa shape index (κ1) is 12.4. The van der Waals surface area contributed by atoms with Crippen molar-refractivity contribution in [2.24, 2.45) is 0 Å². The molecule has 0 amide bonds. The SMILES string of the molecule is C=C(C)CCNCc1ccccc1[N+](=O)[O-]. The minimum Gasteiger partial charge on any atom is -0.312 e. The average Bonchev–Trinajstić information content (AvgIpc) is 2.24. The lowest BCUT2D eigenvalue weighted by molar-refractivity contribution is -0.385. The maximum Gasteiger partial charge on any atom is 0.273 e. The maximum atomic E-state index is 10.7. The molecule has 0 bridgehead atoms. The monoisotopic (exact) mass is 220 g/mol. The molecule has 0 aliphatic carbocycles. The van der Waals surface area contributed by atoms with E-state index in [9.17, 15) is 10.1 Å². The summed E-state index contributed by atoms with van der Waals surface area (Å²) in [6.45, 7) is 7.07. The molecule has 4 nitrogen and oxygen atoms in total. The van der Waals surface area contributed by atoms with E-state index in [0.29, 0.717) is 12.1 Å². The van der Waals surface area contributed by atoms with Crippen molar-refractivity contribution in [1.82, 2.24) is 5.32 Å². The summed E-state index contributed by atoms with van der Waals surface area (Å²) in [5, 5.41) is 13.9. The van der Waals surface area contributed by atoms with Gasteiger partial charge in [-0.1, -0.05) is 23.8 Å². The molecule has 4 heteroatoms. The smallest absolute Gasteiger partial charge is 0.273 e. The van der Waals surface area contributed by atoms with Crippen LogP contribution in [-0.2, 0) is 6.54 Å². The van der Waals surface area contributed by atoms with Crippen molar-refractivity contribution in [3.8, 4) is 0 Å². The first-order chi connectivity index (χ1) is 7.61. The van der Waals surface area contributed by atoms with Crippen LogP contribution in [0.1, 0.15) is 18.9 Å². The third kappa shape index (κ3) is 3.82. The van der Waals surface area contributed by atoms with E-state index in [2.05, 4.69) is 11.9 Å². The number of nitro benzene ring substituents is 1. The van der Waals surface area contributed by atoms with E-state index < -0.39 is 0 Å². The Balaban J connectivity index is 2.53. The molecular weight excluding hydrogens is 204 g/mol. The summed E-state index contributed by atoms with van der Waals surface area (Å²) in [5.74, 6) is 0. The minimum atomic E-state index is -0.351. The Kier molecular flexibility index (Phi) is 4.66. The Morgan fingerprint density at radius 3 is 2.81 bits per heavy atom. The van der Waals surface area contributed by atoms with Gasteiger partial charge in [-0.2, -0.15) is 0 Å². The fourth-order valence-corrected chi connectivity index (χ4v) is 1.36. The van der Waals surface area contributed by atoms with Crippen molar-refractivity contribution >= 4 is 5.69 Å². The molecule has 86 valence electrons. The van der Waals surface area contributed by atoms with Crippen LogP contribution in [-0.4, -0.2) is 11.5 Å². The summed E-state index contributed by atoms with van der Waals surface area (Å²) in [4.78, 5) is 10.4. The van der Waals surface area contributed by atoms with Gasteiger partial charge in [-0.3, -0.25) is 10.1 Å². The van der Waals surface area contributed by atoms with Gasteiger partial charge >= 0.3 is 0 Å². The topological polar surface area (TPSA) is 55.2 Å². The normalized spacial score (nSPS) is 10.1. The molecule has 0 saturated carbocycles. The van der Waals surface area contributed by atoms with E-state index >= 15 is 0 Å². The zero-order chi connectivity index (χ0) is 12.0. The highest BCUT2D eigenvalue weighted by Crippen LogP contribution is 2.16. The molecule has 0 radical (unpaired) electrons. The van der Waals surface area contributed by atoms with Crippen LogP contribution in [0.25, 0.3) is 0 Å². The number of para-hydroxylation sites is 1. The highest BCUT2D eigenvalue weighted by molar-refractivity contribution is 5.39. The van der Waals surface area contributed by atoms with Crippen molar-refractivity contribution in [1.29, 1.82) is 0 Å². The second kappa shape index (κ2) is 6.02. The van der Waals surface area contributed by atoms with Crippen molar-refractivity contribution < 1.29 is 4.92 Å². The van der Waals surface area contributed by atoms with Crippen LogP contribution < -0.4 is 5.32 Å². The number of nitrogens with zero attached hydrogens (tertiary/aromatic N) is 1. The molecule has 1 aromatic carbocycles. The van der Waals surface area contributed by atoms with Gasteiger partial charge in [0.2, 0.25) is 0 Å². The predicted molar refractivity (Wildman–Crippen MR) is 64.2 cm³/mol. The molecule has 1 aromatic rings. The van der Waals surface area contributed by atoms with Crippen LogP contribution in [0.3, 0.4) is 0 Å². The number of nitro groups is 1. The van der Waals surface area contributed by atoms with Gasteiger partial charge in [0.25, 0.3) is 5.69 Å². The van der Waals surface area contributed by atoms with Gasteiger partial charge < -0.3 is 5.32 Å².